The number of aryl methyl sites for hydroxylation is 1. The number of halogens is 1. The summed E-state index contributed by atoms with van der Waals surface area (Å²) in [6.45, 7) is 9.73. The van der Waals surface area contributed by atoms with Crippen LogP contribution in [0.25, 0.3) is 0 Å². The van der Waals surface area contributed by atoms with Crippen molar-refractivity contribution in [2.24, 2.45) is 5.92 Å². The van der Waals surface area contributed by atoms with Gasteiger partial charge in [0.2, 0.25) is 0 Å². The highest BCUT2D eigenvalue weighted by molar-refractivity contribution is 5.30. The summed E-state index contributed by atoms with van der Waals surface area (Å²) in [7, 11) is 0. The lowest BCUT2D eigenvalue weighted by Crippen LogP contribution is -2.29. The van der Waals surface area contributed by atoms with Crippen molar-refractivity contribution in [3.8, 4) is 0 Å². The molecular weight excluding hydrogens is 249 g/mol. The standard InChI is InChI=1S/C18H30FN/c1-5-8-15(9-6-2)18(20-12-7-3)17-11-10-16(19)13-14(17)4/h10-11,13,15,18,20H,5-9,12H2,1-4H3. The summed E-state index contributed by atoms with van der Waals surface area (Å²) >= 11 is 0. The molecule has 1 unspecified atom stereocenters. The van der Waals surface area contributed by atoms with E-state index < -0.39 is 0 Å². The molecule has 2 heteroatoms. The molecule has 0 amide bonds. The first-order valence-electron chi connectivity index (χ1n) is 8.13. The molecule has 0 aromatic heterocycles. The van der Waals surface area contributed by atoms with Crippen molar-refractivity contribution in [2.45, 2.75) is 65.8 Å². The number of hydrogen-bond acceptors (Lipinski definition) is 1. The maximum Gasteiger partial charge on any atom is 0.123 e. The molecule has 0 heterocycles. The largest absolute Gasteiger partial charge is 0.310 e. The highest BCUT2D eigenvalue weighted by Crippen LogP contribution is 2.31. The second-order valence-electron chi connectivity index (χ2n) is 5.77. The number of hydrogen-bond donors (Lipinski definition) is 1. The van der Waals surface area contributed by atoms with Crippen molar-refractivity contribution in [1.29, 1.82) is 0 Å². The van der Waals surface area contributed by atoms with Crippen molar-refractivity contribution in [2.75, 3.05) is 6.54 Å². The molecular formula is C18H30FN. The first kappa shape index (κ1) is 17.2. The Morgan fingerprint density at radius 1 is 1.05 bits per heavy atom. The van der Waals surface area contributed by atoms with Crippen LogP contribution in [0.1, 0.15) is 70.0 Å². The monoisotopic (exact) mass is 279 g/mol. The molecule has 1 aromatic rings. The predicted octanol–water partition coefficient (Wildman–Crippen LogP) is 5.39. The van der Waals surface area contributed by atoms with Gasteiger partial charge in [0, 0.05) is 6.04 Å². The lowest BCUT2D eigenvalue weighted by atomic mass is 9.84. The molecule has 20 heavy (non-hydrogen) atoms. The van der Waals surface area contributed by atoms with Gasteiger partial charge in [-0.05, 0) is 61.9 Å². The van der Waals surface area contributed by atoms with Gasteiger partial charge in [0.05, 0.1) is 0 Å². The summed E-state index contributed by atoms with van der Waals surface area (Å²) in [6, 6.07) is 5.58. The Hall–Kier alpha value is -0.890. The highest BCUT2D eigenvalue weighted by atomic mass is 19.1. The van der Waals surface area contributed by atoms with Crippen molar-refractivity contribution in [3.63, 3.8) is 0 Å². The fourth-order valence-electron chi connectivity index (χ4n) is 3.04. The quantitative estimate of drug-likeness (QED) is 0.639. The van der Waals surface area contributed by atoms with Gasteiger partial charge < -0.3 is 5.32 Å². The molecule has 0 aliphatic rings. The second kappa shape index (κ2) is 9.12. The molecule has 1 nitrogen and oxygen atoms in total. The normalized spacial score (nSPS) is 12.9. The third-order valence-electron chi connectivity index (χ3n) is 3.97. The number of nitrogens with one attached hydrogen (secondary N) is 1. The molecule has 1 atom stereocenters. The Labute approximate surface area is 124 Å². The molecule has 0 aliphatic heterocycles. The minimum atomic E-state index is -0.136. The van der Waals surface area contributed by atoms with E-state index in [0.29, 0.717) is 12.0 Å². The van der Waals surface area contributed by atoms with Crippen LogP contribution in [0.3, 0.4) is 0 Å². The van der Waals surface area contributed by atoms with E-state index in [1.165, 1.54) is 31.2 Å². The fourth-order valence-corrected chi connectivity index (χ4v) is 3.04. The van der Waals surface area contributed by atoms with Gasteiger partial charge in [-0.3, -0.25) is 0 Å². The Balaban J connectivity index is 3.01. The van der Waals surface area contributed by atoms with E-state index in [4.69, 9.17) is 0 Å². The van der Waals surface area contributed by atoms with Gasteiger partial charge >= 0.3 is 0 Å². The molecule has 0 bridgehead atoms. The van der Waals surface area contributed by atoms with Crippen LogP contribution in [0, 0.1) is 18.7 Å². The molecule has 0 fully saturated rings. The van der Waals surface area contributed by atoms with Crippen LogP contribution in [0.2, 0.25) is 0 Å². The van der Waals surface area contributed by atoms with E-state index in [1.807, 2.05) is 13.0 Å². The van der Waals surface area contributed by atoms with E-state index in [0.717, 1.165) is 18.5 Å². The molecule has 0 spiro atoms. The molecule has 0 radical (unpaired) electrons. The fraction of sp³-hybridized carbons (Fsp3) is 0.667. The molecule has 1 rings (SSSR count). The Bertz CT molecular complexity index is 383. The Kier molecular flexibility index (Phi) is 7.83. The van der Waals surface area contributed by atoms with Gasteiger partial charge in [0.25, 0.3) is 0 Å². The smallest absolute Gasteiger partial charge is 0.123 e. The van der Waals surface area contributed by atoms with E-state index in [9.17, 15) is 4.39 Å². The number of rotatable bonds is 9. The predicted molar refractivity (Wildman–Crippen MR) is 85.5 cm³/mol. The molecule has 1 aromatic carbocycles. The average Bonchev–Trinajstić information content (AvgIpc) is 2.41. The van der Waals surface area contributed by atoms with E-state index in [-0.39, 0.29) is 5.82 Å². The minimum Gasteiger partial charge on any atom is -0.310 e. The lowest BCUT2D eigenvalue weighted by molar-refractivity contribution is 0.315. The van der Waals surface area contributed by atoms with Gasteiger partial charge in [-0.15, -0.1) is 0 Å². The molecule has 0 saturated heterocycles. The van der Waals surface area contributed by atoms with Crippen LogP contribution in [0.5, 0.6) is 0 Å². The van der Waals surface area contributed by atoms with E-state index in [2.05, 4.69) is 26.1 Å². The summed E-state index contributed by atoms with van der Waals surface area (Å²) in [4.78, 5) is 0. The summed E-state index contributed by atoms with van der Waals surface area (Å²) < 4.78 is 13.3. The van der Waals surface area contributed by atoms with Gasteiger partial charge in [0.1, 0.15) is 5.82 Å². The summed E-state index contributed by atoms with van der Waals surface area (Å²) in [5.41, 5.74) is 2.34. The van der Waals surface area contributed by atoms with Crippen LogP contribution in [0.4, 0.5) is 4.39 Å². The zero-order valence-corrected chi connectivity index (χ0v) is 13.5. The van der Waals surface area contributed by atoms with Gasteiger partial charge in [-0.1, -0.05) is 39.7 Å². The zero-order chi connectivity index (χ0) is 15.0. The van der Waals surface area contributed by atoms with Gasteiger partial charge in [-0.25, -0.2) is 4.39 Å². The molecule has 1 N–H and O–H groups in total. The summed E-state index contributed by atoms with van der Waals surface area (Å²) in [5.74, 6) is 0.503. The van der Waals surface area contributed by atoms with Crippen LogP contribution < -0.4 is 5.32 Å². The maximum absolute atomic E-state index is 13.3. The first-order valence-corrected chi connectivity index (χ1v) is 8.13. The van der Waals surface area contributed by atoms with E-state index >= 15 is 0 Å². The van der Waals surface area contributed by atoms with Crippen LogP contribution in [0.15, 0.2) is 18.2 Å². The Morgan fingerprint density at radius 2 is 1.70 bits per heavy atom. The maximum atomic E-state index is 13.3. The van der Waals surface area contributed by atoms with Crippen LogP contribution in [-0.4, -0.2) is 6.54 Å². The SMILES string of the molecule is CCCNC(c1ccc(F)cc1C)C(CCC)CCC. The first-order chi connectivity index (χ1) is 9.63. The molecule has 114 valence electrons. The van der Waals surface area contributed by atoms with Crippen molar-refractivity contribution >= 4 is 0 Å². The Morgan fingerprint density at radius 3 is 2.20 bits per heavy atom. The van der Waals surface area contributed by atoms with Crippen molar-refractivity contribution in [1.82, 2.24) is 5.32 Å². The topological polar surface area (TPSA) is 12.0 Å². The van der Waals surface area contributed by atoms with Crippen molar-refractivity contribution < 1.29 is 4.39 Å². The lowest BCUT2D eigenvalue weighted by Gasteiger charge is -2.29. The zero-order valence-electron chi connectivity index (χ0n) is 13.5. The molecule has 0 saturated carbocycles. The minimum absolute atomic E-state index is 0.136. The van der Waals surface area contributed by atoms with Gasteiger partial charge in [-0.2, -0.15) is 0 Å². The average molecular weight is 279 g/mol. The van der Waals surface area contributed by atoms with Crippen LogP contribution in [-0.2, 0) is 0 Å². The third-order valence-corrected chi connectivity index (χ3v) is 3.97. The van der Waals surface area contributed by atoms with E-state index in [1.54, 1.807) is 12.1 Å². The highest BCUT2D eigenvalue weighted by Gasteiger charge is 2.22. The van der Waals surface area contributed by atoms with Gasteiger partial charge in [0.15, 0.2) is 0 Å². The summed E-state index contributed by atoms with van der Waals surface area (Å²) in [6.07, 6.45) is 5.99. The summed E-state index contributed by atoms with van der Waals surface area (Å²) in [5, 5.41) is 3.69. The third kappa shape index (κ3) is 4.90. The molecule has 0 aliphatic carbocycles. The van der Waals surface area contributed by atoms with Crippen LogP contribution >= 0.6 is 0 Å². The number of benzene rings is 1. The van der Waals surface area contributed by atoms with Crippen molar-refractivity contribution in [3.05, 3.63) is 35.1 Å². The second-order valence-corrected chi connectivity index (χ2v) is 5.77.